The van der Waals surface area contributed by atoms with E-state index in [4.69, 9.17) is 9.15 Å². The van der Waals surface area contributed by atoms with E-state index in [2.05, 4.69) is 5.32 Å². The lowest BCUT2D eigenvalue weighted by Gasteiger charge is -2.35. The van der Waals surface area contributed by atoms with E-state index < -0.39 is 6.10 Å². The molecule has 2 aromatic rings. The second kappa shape index (κ2) is 6.84. The number of nitrogens with zero attached hydrogens (tertiary/aromatic N) is 1. The number of amides is 2. The number of aryl methyl sites for hydroxylation is 1. The van der Waals surface area contributed by atoms with Gasteiger partial charge in [-0.1, -0.05) is 0 Å². The fourth-order valence-electron chi connectivity index (χ4n) is 3.40. The third-order valence-corrected chi connectivity index (χ3v) is 4.80. The zero-order valence-electron chi connectivity index (χ0n) is 14.2. The second-order valence-corrected chi connectivity index (χ2v) is 6.61. The summed E-state index contributed by atoms with van der Waals surface area (Å²) in [5.41, 5.74) is 1.84. The first-order valence-electron chi connectivity index (χ1n) is 8.70. The Morgan fingerprint density at radius 1 is 1.31 bits per heavy atom. The lowest BCUT2D eigenvalue weighted by Crippen LogP contribution is -2.50. The molecule has 0 unspecified atom stereocenters. The number of carbonyl (C=O) groups excluding carboxylic acids is 2. The number of benzene rings is 1. The number of β-amino-alcohol motifs (C(OH)–C–C–N with tert-alkyl or cyclic N) is 1. The van der Waals surface area contributed by atoms with E-state index in [-0.39, 0.29) is 30.2 Å². The molecule has 3 heterocycles. The highest BCUT2D eigenvalue weighted by Gasteiger charge is 2.33. The molecule has 4 rings (SSSR count). The van der Waals surface area contributed by atoms with E-state index in [0.29, 0.717) is 31.6 Å². The van der Waals surface area contributed by atoms with Crippen molar-refractivity contribution in [2.75, 3.05) is 18.4 Å². The lowest BCUT2D eigenvalue weighted by molar-refractivity contribution is -0.116. The zero-order chi connectivity index (χ0) is 18.1. The average Bonchev–Trinajstić information content (AvgIpc) is 3.17. The topological polar surface area (TPSA) is 92.0 Å². The Kier molecular flexibility index (Phi) is 4.38. The maximum atomic E-state index is 12.3. The van der Waals surface area contributed by atoms with Crippen molar-refractivity contribution >= 4 is 17.5 Å². The Morgan fingerprint density at radius 2 is 2.19 bits per heavy atom. The van der Waals surface area contributed by atoms with E-state index in [1.807, 2.05) is 12.1 Å². The Hall–Kier alpha value is -2.80. The molecule has 7 nitrogen and oxygen atoms in total. The molecule has 0 aliphatic carbocycles. The second-order valence-electron chi connectivity index (χ2n) is 6.61. The number of hydrogen-bond donors (Lipinski definition) is 2. The number of anilines is 1. The van der Waals surface area contributed by atoms with Crippen LogP contribution in [0.15, 0.2) is 41.0 Å². The highest BCUT2D eigenvalue weighted by atomic mass is 16.5. The fraction of sp³-hybridized carbons (Fsp3) is 0.368. The van der Waals surface area contributed by atoms with E-state index >= 15 is 0 Å². The van der Waals surface area contributed by atoms with Crippen molar-refractivity contribution in [3.8, 4) is 5.75 Å². The molecule has 26 heavy (non-hydrogen) atoms. The molecule has 2 aliphatic heterocycles. The summed E-state index contributed by atoms with van der Waals surface area (Å²) in [7, 11) is 0. The van der Waals surface area contributed by atoms with Gasteiger partial charge < -0.3 is 24.5 Å². The largest absolute Gasteiger partial charge is 0.488 e. The summed E-state index contributed by atoms with van der Waals surface area (Å²) in [6.45, 7) is 0.688. The monoisotopic (exact) mass is 356 g/mol. The van der Waals surface area contributed by atoms with Crippen LogP contribution in [0.1, 0.15) is 29.0 Å². The standard InChI is InChI=1S/C19H20N2O5/c22-15-11-21(19(24)17-2-1-9-25-17)8-7-16(15)26-13-4-5-14-12(10-13)3-6-18(23)20-14/h1-2,4-5,9-10,15-16,22H,3,6-8,11H2,(H,20,23)/t15-,16-/m1/s1. The van der Waals surface area contributed by atoms with Crippen LogP contribution in [0.2, 0.25) is 0 Å². The van der Waals surface area contributed by atoms with Gasteiger partial charge in [0.2, 0.25) is 5.91 Å². The summed E-state index contributed by atoms with van der Waals surface area (Å²) in [6.07, 6.45) is 1.97. The lowest BCUT2D eigenvalue weighted by atomic mass is 10.0. The van der Waals surface area contributed by atoms with Crippen molar-refractivity contribution in [3.05, 3.63) is 47.9 Å². The summed E-state index contributed by atoms with van der Waals surface area (Å²) in [6, 6.07) is 8.80. The third kappa shape index (κ3) is 3.30. The molecular formula is C19H20N2O5. The molecule has 7 heteroatoms. The number of likely N-dealkylation sites (tertiary alicyclic amines) is 1. The van der Waals surface area contributed by atoms with E-state index in [0.717, 1.165) is 11.3 Å². The molecule has 2 amide bonds. The molecule has 136 valence electrons. The van der Waals surface area contributed by atoms with Crippen molar-refractivity contribution < 1.29 is 23.8 Å². The number of furan rings is 1. The van der Waals surface area contributed by atoms with Gasteiger partial charge in [0.1, 0.15) is 18.0 Å². The number of carbonyl (C=O) groups is 2. The number of ether oxygens (including phenoxy) is 1. The molecule has 2 atom stereocenters. The van der Waals surface area contributed by atoms with Gasteiger partial charge in [0.25, 0.3) is 5.91 Å². The molecule has 2 N–H and O–H groups in total. The molecular weight excluding hydrogens is 336 g/mol. The maximum absolute atomic E-state index is 12.3. The van der Waals surface area contributed by atoms with Gasteiger partial charge in [0.15, 0.2) is 5.76 Å². The molecule has 1 saturated heterocycles. The molecule has 1 aromatic carbocycles. The van der Waals surface area contributed by atoms with Gasteiger partial charge in [-0.15, -0.1) is 0 Å². The Balaban J connectivity index is 1.39. The Labute approximate surface area is 150 Å². The zero-order valence-corrected chi connectivity index (χ0v) is 14.2. The molecule has 0 radical (unpaired) electrons. The van der Waals surface area contributed by atoms with Gasteiger partial charge in [0, 0.05) is 25.1 Å². The van der Waals surface area contributed by atoms with E-state index in [1.54, 1.807) is 23.1 Å². The van der Waals surface area contributed by atoms with Crippen LogP contribution in [0.25, 0.3) is 0 Å². The first-order valence-corrected chi connectivity index (χ1v) is 8.70. The molecule has 0 saturated carbocycles. The molecule has 1 aromatic heterocycles. The van der Waals surface area contributed by atoms with Crippen molar-refractivity contribution in [3.63, 3.8) is 0 Å². The summed E-state index contributed by atoms with van der Waals surface area (Å²) in [5, 5.41) is 13.2. The summed E-state index contributed by atoms with van der Waals surface area (Å²) in [5.74, 6) is 0.732. The third-order valence-electron chi connectivity index (χ3n) is 4.80. The summed E-state index contributed by atoms with van der Waals surface area (Å²) < 4.78 is 11.1. The van der Waals surface area contributed by atoms with Crippen molar-refractivity contribution in [1.82, 2.24) is 4.90 Å². The van der Waals surface area contributed by atoms with Crippen LogP contribution in [-0.2, 0) is 11.2 Å². The number of rotatable bonds is 3. The van der Waals surface area contributed by atoms with Gasteiger partial charge >= 0.3 is 0 Å². The van der Waals surface area contributed by atoms with Gasteiger partial charge in [0.05, 0.1) is 12.8 Å². The summed E-state index contributed by atoms with van der Waals surface area (Å²) >= 11 is 0. The minimum absolute atomic E-state index is 0.0233. The average molecular weight is 356 g/mol. The smallest absolute Gasteiger partial charge is 0.289 e. The van der Waals surface area contributed by atoms with Crippen LogP contribution < -0.4 is 10.1 Å². The van der Waals surface area contributed by atoms with Crippen LogP contribution in [0, 0.1) is 0 Å². The first kappa shape index (κ1) is 16.7. The minimum atomic E-state index is -0.779. The molecule has 0 bridgehead atoms. The fourth-order valence-corrected chi connectivity index (χ4v) is 3.40. The normalized spacial score (nSPS) is 22.5. The Morgan fingerprint density at radius 3 is 2.96 bits per heavy atom. The predicted octanol–water partition coefficient (Wildman–Crippen LogP) is 1.82. The Bertz CT molecular complexity index is 817. The minimum Gasteiger partial charge on any atom is -0.488 e. The van der Waals surface area contributed by atoms with Gasteiger partial charge in [-0.3, -0.25) is 9.59 Å². The van der Waals surface area contributed by atoms with Gasteiger partial charge in [-0.05, 0) is 42.3 Å². The van der Waals surface area contributed by atoms with Gasteiger partial charge in [-0.2, -0.15) is 0 Å². The maximum Gasteiger partial charge on any atom is 0.289 e. The summed E-state index contributed by atoms with van der Waals surface area (Å²) in [4.78, 5) is 25.3. The molecule has 1 fully saturated rings. The number of aliphatic hydroxyl groups excluding tert-OH is 1. The SMILES string of the molecule is O=C1CCc2cc(O[C@@H]3CCN(C(=O)c4ccco4)C[C@H]3O)ccc2N1. The van der Waals surface area contributed by atoms with Crippen molar-refractivity contribution in [2.24, 2.45) is 0 Å². The number of fused-ring (bicyclic) bond motifs is 1. The number of nitrogens with one attached hydrogen (secondary N) is 1. The highest BCUT2D eigenvalue weighted by Crippen LogP contribution is 2.28. The van der Waals surface area contributed by atoms with Crippen LogP contribution in [0.3, 0.4) is 0 Å². The quantitative estimate of drug-likeness (QED) is 0.875. The van der Waals surface area contributed by atoms with Crippen LogP contribution in [0.5, 0.6) is 5.75 Å². The van der Waals surface area contributed by atoms with Crippen molar-refractivity contribution in [1.29, 1.82) is 0 Å². The van der Waals surface area contributed by atoms with Crippen LogP contribution in [0.4, 0.5) is 5.69 Å². The number of aliphatic hydroxyl groups is 1. The van der Waals surface area contributed by atoms with Gasteiger partial charge in [-0.25, -0.2) is 0 Å². The first-order chi connectivity index (χ1) is 12.6. The van der Waals surface area contributed by atoms with E-state index in [1.165, 1.54) is 6.26 Å². The van der Waals surface area contributed by atoms with Crippen LogP contribution in [-0.4, -0.2) is 47.1 Å². The number of hydrogen-bond acceptors (Lipinski definition) is 5. The highest BCUT2D eigenvalue weighted by molar-refractivity contribution is 5.94. The molecule has 0 spiro atoms. The predicted molar refractivity (Wildman–Crippen MR) is 93.0 cm³/mol. The molecule has 2 aliphatic rings. The van der Waals surface area contributed by atoms with Crippen LogP contribution >= 0.6 is 0 Å². The number of piperidine rings is 1. The van der Waals surface area contributed by atoms with E-state index in [9.17, 15) is 14.7 Å². The van der Waals surface area contributed by atoms with Crippen molar-refractivity contribution in [2.45, 2.75) is 31.5 Å².